The summed E-state index contributed by atoms with van der Waals surface area (Å²) < 4.78 is 38.3. The van der Waals surface area contributed by atoms with Crippen LogP contribution in [0.25, 0.3) is 0 Å². The van der Waals surface area contributed by atoms with Gasteiger partial charge >= 0.3 is 5.97 Å². The van der Waals surface area contributed by atoms with Gasteiger partial charge in [-0.15, -0.1) is 0 Å². The van der Waals surface area contributed by atoms with Gasteiger partial charge in [0.25, 0.3) is 15.9 Å². The third-order valence-electron chi connectivity index (χ3n) is 4.40. The first-order chi connectivity index (χ1) is 15.1. The van der Waals surface area contributed by atoms with E-state index < -0.39 is 27.9 Å². The molecule has 2 aromatic carbocycles. The number of hydrogen-bond donors (Lipinski definition) is 2. The van der Waals surface area contributed by atoms with Gasteiger partial charge in [-0.3, -0.25) is 9.52 Å². The summed E-state index contributed by atoms with van der Waals surface area (Å²) in [7, 11) is -2.85. The molecule has 0 spiro atoms. The van der Waals surface area contributed by atoms with Gasteiger partial charge < -0.3 is 14.8 Å². The molecule has 174 valence electrons. The van der Waals surface area contributed by atoms with Crippen LogP contribution in [0.1, 0.15) is 37.6 Å². The van der Waals surface area contributed by atoms with Gasteiger partial charge in [0.15, 0.2) is 0 Å². The Labute approximate surface area is 193 Å². The molecule has 10 heteroatoms. The number of halogens is 1. The molecule has 32 heavy (non-hydrogen) atoms. The van der Waals surface area contributed by atoms with Crippen LogP contribution in [0, 0.1) is 5.92 Å². The fourth-order valence-electron chi connectivity index (χ4n) is 2.92. The minimum absolute atomic E-state index is 0.0409. The molecule has 0 aliphatic carbocycles. The predicted octanol–water partition coefficient (Wildman–Crippen LogP) is 3.86. The van der Waals surface area contributed by atoms with Crippen LogP contribution in [0.2, 0.25) is 5.02 Å². The van der Waals surface area contributed by atoms with Gasteiger partial charge in [0, 0.05) is 11.3 Å². The maximum atomic E-state index is 12.9. The molecule has 0 saturated carbocycles. The number of hydrogen-bond acceptors (Lipinski definition) is 6. The highest BCUT2D eigenvalue weighted by atomic mass is 35.5. The zero-order valence-electron chi connectivity index (χ0n) is 18.3. The van der Waals surface area contributed by atoms with E-state index in [2.05, 4.69) is 10.0 Å². The van der Waals surface area contributed by atoms with Crippen LogP contribution in [-0.2, 0) is 19.6 Å². The van der Waals surface area contributed by atoms with E-state index in [1.54, 1.807) is 24.3 Å². The number of carbonyl (C=O) groups is 2. The average Bonchev–Trinajstić information content (AvgIpc) is 2.73. The van der Waals surface area contributed by atoms with E-state index >= 15 is 0 Å². The second kappa shape index (κ2) is 11.2. The molecular formula is C22H27ClN2O6S. The van der Waals surface area contributed by atoms with Gasteiger partial charge in [-0.05, 0) is 61.7 Å². The van der Waals surface area contributed by atoms with E-state index in [1.165, 1.54) is 19.2 Å². The molecule has 2 rings (SSSR count). The number of nitrogens with one attached hydrogen (secondary N) is 2. The molecule has 8 nitrogen and oxygen atoms in total. The Kier molecular flexibility index (Phi) is 8.91. The van der Waals surface area contributed by atoms with Crippen molar-refractivity contribution in [3.63, 3.8) is 0 Å². The summed E-state index contributed by atoms with van der Waals surface area (Å²) in [4.78, 5) is 24.4. The number of rotatable bonds is 10. The smallest absolute Gasteiger partial charge is 0.328 e. The molecule has 0 heterocycles. The van der Waals surface area contributed by atoms with E-state index in [4.69, 9.17) is 21.1 Å². The number of amides is 1. The van der Waals surface area contributed by atoms with Gasteiger partial charge in [-0.2, -0.15) is 0 Å². The first-order valence-electron chi connectivity index (χ1n) is 10.0. The summed E-state index contributed by atoms with van der Waals surface area (Å²) >= 11 is 6.12. The first kappa shape index (κ1) is 25.5. The van der Waals surface area contributed by atoms with Crippen LogP contribution in [0.15, 0.2) is 47.4 Å². The highest BCUT2D eigenvalue weighted by Gasteiger charge is 2.25. The van der Waals surface area contributed by atoms with Gasteiger partial charge in [0.1, 0.15) is 16.7 Å². The van der Waals surface area contributed by atoms with Crippen LogP contribution >= 0.6 is 11.6 Å². The lowest BCUT2D eigenvalue weighted by molar-refractivity contribution is -0.143. The zero-order valence-corrected chi connectivity index (χ0v) is 19.9. The van der Waals surface area contributed by atoms with Crippen molar-refractivity contribution < 1.29 is 27.5 Å². The third-order valence-corrected chi connectivity index (χ3v) is 6.26. The molecule has 1 atom stereocenters. The van der Waals surface area contributed by atoms with E-state index in [0.717, 1.165) is 6.07 Å². The van der Waals surface area contributed by atoms with E-state index in [-0.39, 0.29) is 21.4 Å². The monoisotopic (exact) mass is 482 g/mol. The standard InChI is InChI=1S/C22H27ClN2O6S/c1-5-31-17-9-7-16(8-10-17)25-32(28,29)20-13-15(6-11-18(20)23)21(26)24-19(12-14(2)3)22(27)30-4/h6-11,13-14,19,25H,5,12H2,1-4H3,(H,24,26). The van der Waals surface area contributed by atoms with Crippen molar-refractivity contribution >= 4 is 39.2 Å². The van der Waals surface area contributed by atoms with Crippen LogP contribution in [-0.4, -0.2) is 40.1 Å². The lowest BCUT2D eigenvalue weighted by Crippen LogP contribution is -2.42. The van der Waals surface area contributed by atoms with Crippen LogP contribution in [0.5, 0.6) is 5.75 Å². The Morgan fingerprint density at radius 3 is 2.31 bits per heavy atom. The van der Waals surface area contributed by atoms with Gasteiger partial charge in [-0.25, -0.2) is 13.2 Å². The highest BCUT2D eigenvalue weighted by Crippen LogP contribution is 2.26. The lowest BCUT2D eigenvalue weighted by atomic mass is 10.0. The number of benzene rings is 2. The third kappa shape index (κ3) is 6.86. The van der Waals surface area contributed by atoms with Crippen LogP contribution in [0.3, 0.4) is 0 Å². The molecule has 0 aliphatic heterocycles. The second-order valence-electron chi connectivity index (χ2n) is 7.39. The maximum absolute atomic E-state index is 12.9. The van der Waals surface area contributed by atoms with Crippen molar-refractivity contribution in [2.75, 3.05) is 18.4 Å². The Morgan fingerprint density at radius 2 is 1.75 bits per heavy atom. The van der Waals surface area contributed by atoms with Crippen LogP contribution in [0.4, 0.5) is 5.69 Å². The highest BCUT2D eigenvalue weighted by molar-refractivity contribution is 7.92. The fraction of sp³-hybridized carbons (Fsp3) is 0.364. The molecule has 0 bridgehead atoms. The van der Waals surface area contributed by atoms with Gasteiger partial charge in [-0.1, -0.05) is 25.4 Å². The van der Waals surface area contributed by atoms with Crippen molar-refractivity contribution in [1.29, 1.82) is 0 Å². The molecule has 0 saturated heterocycles. The molecule has 0 aliphatic rings. The van der Waals surface area contributed by atoms with Crippen molar-refractivity contribution in [1.82, 2.24) is 5.32 Å². The zero-order chi connectivity index (χ0) is 23.9. The molecule has 1 unspecified atom stereocenters. The Morgan fingerprint density at radius 1 is 1.09 bits per heavy atom. The molecule has 0 fully saturated rings. The number of sulfonamides is 1. The van der Waals surface area contributed by atoms with E-state index in [1.807, 2.05) is 20.8 Å². The minimum atomic E-state index is -4.09. The summed E-state index contributed by atoms with van der Waals surface area (Å²) in [5, 5.41) is 2.55. The summed E-state index contributed by atoms with van der Waals surface area (Å²) in [6.07, 6.45) is 0.371. The number of ether oxygens (including phenoxy) is 2. The first-order valence-corrected chi connectivity index (χ1v) is 11.9. The summed E-state index contributed by atoms with van der Waals surface area (Å²) in [5.41, 5.74) is 0.348. The molecule has 2 aromatic rings. The van der Waals surface area contributed by atoms with Crippen molar-refractivity contribution in [3.8, 4) is 5.75 Å². The number of methoxy groups -OCH3 is 1. The SMILES string of the molecule is CCOc1ccc(NS(=O)(=O)c2cc(C(=O)NC(CC(C)C)C(=O)OC)ccc2Cl)cc1. The second-order valence-corrected chi connectivity index (χ2v) is 9.44. The van der Waals surface area contributed by atoms with E-state index in [0.29, 0.717) is 24.5 Å². The van der Waals surface area contributed by atoms with Gasteiger partial charge in [0.05, 0.1) is 18.7 Å². The predicted molar refractivity (Wildman–Crippen MR) is 123 cm³/mol. The Hall–Kier alpha value is -2.78. The maximum Gasteiger partial charge on any atom is 0.328 e. The van der Waals surface area contributed by atoms with Crippen molar-refractivity contribution in [2.24, 2.45) is 5.92 Å². The average molecular weight is 483 g/mol. The Balaban J connectivity index is 2.26. The largest absolute Gasteiger partial charge is 0.494 e. The molecule has 2 N–H and O–H groups in total. The number of anilines is 1. The van der Waals surface area contributed by atoms with Crippen LogP contribution < -0.4 is 14.8 Å². The van der Waals surface area contributed by atoms with Crippen molar-refractivity contribution in [3.05, 3.63) is 53.1 Å². The normalized spacial score (nSPS) is 12.2. The quantitative estimate of drug-likeness (QED) is 0.497. The summed E-state index contributed by atoms with van der Waals surface area (Å²) in [5.74, 6) is -0.464. The summed E-state index contributed by atoms with van der Waals surface area (Å²) in [6.45, 7) is 6.14. The molecule has 1 amide bonds. The Bertz CT molecular complexity index is 1050. The van der Waals surface area contributed by atoms with E-state index in [9.17, 15) is 18.0 Å². The molecule has 0 aromatic heterocycles. The topological polar surface area (TPSA) is 111 Å². The number of esters is 1. The fourth-order valence-corrected chi connectivity index (χ4v) is 4.50. The number of carbonyl (C=O) groups excluding carboxylic acids is 2. The molecular weight excluding hydrogens is 456 g/mol. The molecule has 0 radical (unpaired) electrons. The lowest BCUT2D eigenvalue weighted by Gasteiger charge is -2.18. The summed E-state index contributed by atoms with van der Waals surface area (Å²) in [6, 6.07) is 9.39. The van der Waals surface area contributed by atoms with Crippen molar-refractivity contribution in [2.45, 2.75) is 38.1 Å². The minimum Gasteiger partial charge on any atom is -0.494 e. The van der Waals surface area contributed by atoms with Gasteiger partial charge in [0.2, 0.25) is 0 Å².